The first-order valence-electron chi connectivity index (χ1n) is 10.4. The molecule has 0 aliphatic carbocycles. The van der Waals surface area contributed by atoms with E-state index in [4.69, 9.17) is 0 Å². The molecule has 4 nitrogen and oxygen atoms in total. The van der Waals surface area contributed by atoms with Gasteiger partial charge in [0, 0.05) is 0 Å². The number of rotatable bonds is 12. The lowest BCUT2D eigenvalue weighted by atomic mass is 9.98. The van der Waals surface area contributed by atoms with Crippen molar-refractivity contribution in [3.05, 3.63) is 5.77 Å². The van der Waals surface area contributed by atoms with Gasteiger partial charge in [0.1, 0.15) is 9.79 Å². The van der Waals surface area contributed by atoms with Gasteiger partial charge in [-0.15, -0.1) is 11.3 Å². The molecular weight excluding hydrogens is 1100 g/mol. The molecule has 0 N–H and O–H groups in total. The number of thiophene rings is 1. The van der Waals surface area contributed by atoms with Crippen molar-refractivity contribution in [1.29, 1.82) is 0 Å². The van der Waals surface area contributed by atoms with E-state index in [9.17, 15) is 131 Å². The van der Waals surface area contributed by atoms with E-state index in [0.29, 0.717) is 0 Å². The summed E-state index contributed by atoms with van der Waals surface area (Å²) in [4.78, 5) is -7.65. The highest BCUT2D eigenvalue weighted by atomic mass is 127. The van der Waals surface area contributed by atoms with E-state index < -0.39 is 117 Å². The van der Waals surface area contributed by atoms with Crippen LogP contribution < -0.4 is 0 Å². The molecule has 1 aromatic rings. The van der Waals surface area contributed by atoms with Crippen LogP contribution >= 0.6 is 56.5 Å². The van der Waals surface area contributed by atoms with Crippen LogP contribution in [0.25, 0.3) is 0 Å². The lowest BCUT2D eigenvalue weighted by Crippen LogP contribution is -2.71. The van der Waals surface area contributed by atoms with Gasteiger partial charge in [-0.05, 0) is 45.2 Å². The monoisotopic (exact) mass is 1100 g/mol. The molecule has 1 rings (SSSR count). The Balaban J connectivity index is 4.27. The van der Waals surface area contributed by atoms with Crippen molar-refractivity contribution in [2.24, 2.45) is 0 Å². The molecule has 0 radical (unpaired) electrons. The van der Waals surface area contributed by atoms with Gasteiger partial charge >= 0.3 is 70.2 Å². The average molecular weight is 1100 g/mol. The first-order valence-corrected chi connectivity index (χ1v) is 16.4. The summed E-state index contributed by atoms with van der Waals surface area (Å²) < 4.78 is 396. The summed E-state index contributed by atoms with van der Waals surface area (Å²) in [7, 11) is -17.7. The summed E-state index contributed by atoms with van der Waals surface area (Å²) in [5.74, 6) is -70.7. The van der Waals surface area contributed by atoms with Gasteiger partial charge in [0.15, 0.2) is 0 Å². The highest BCUT2D eigenvalue weighted by Crippen LogP contribution is 2.64. The molecule has 0 unspecified atom stereocenters. The van der Waals surface area contributed by atoms with Crippen molar-refractivity contribution in [3.63, 3.8) is 0 Å². The van der Waals surface area contributed by atoms with Gasteiger partial charge in [-0.25, -0.2) is 16.8 Å². The average Bonchev–Trinajstić information content (AvgIpc) is 3.20. The lowest BCUT2D eigenvalue weighted by Gasteiger charge is -2.39. The number of hydrogen-bond donors (Lipinski definition) is 0. The first kappa shape index (κ1) is 48.3. The Kier molecular flexibility index (Phi) is 11.7. The van der Waals surface area contributed by atoms with Gasteiger partial charge in [0.05, 0.1) is 5.77 Å². The van der Waals surface area contributed by atoms with Crippen molar-refractivity contribution in [1.82, 2.24) is 0 Å². The van der Waals surface area contributed by atoms with Crippen molar-refractivity contribution in [3.8, 4) is 0 Å². The minimum atomic E-state index is -9.02. The molecule has 0 fully saturated rings. The summed E-state index contributed by atoms with van der Waals surface area (Å²) in [6.07, 6.45) is -16.2. The maximum atomic E-state index is 14.6. The number of sulfone groups is 2. The third kappa shape index (κ3) is 6.01. The topological polar surface area (TPSA) is 68.3 Å². The molecule has 35 heteroatoms. The molecule has 0 aromatic carbocycles. The van der Waals surface area contributed by atoms with Gasteiger partial charge in [-0.3, -0.25) is 0 Å². The standard InChI is InChI=1S/C16F26I2O4S3/c17-5(18,9(25,26)13(33,34)35)7(21,22)11(29,30)15(39,40)50(45,46)1-2(4(44)49-3(1)43)51(47,48)16(41,42)12(31,32)8(23,24)6(19,20)10(27,28)14(36,37)38. The van der Waals surface area contributed by atoms with Gasteiger partial charge in [-0.2, -0.15) is 114 Å². The summed E-state index contributed by atoms with van der Waals surface area (Å²) in [5, 5.41) is -17.1. The molecule has 0 aliphatic heterocycles. The number of alkyl halides is 26. The molecule has 0 amide bonds. The van der Waals surface area contributed by atoms with E-state index in [0.717, 1.165) is 0 Å². The fraction of sp³-hybridized carbons (Fsp3) is 0.750. The van der Waals surface area contributed by atoms with Gasteiger partial charge in [0.25, 0.3) is 19.7 Å². The molecule has 0 aliphatic rings. The van der Waals surface area contributed by atoms with Crippen LogP contribution in [0.15, 0.2) is 9.79 Å². The molecule has 0 saturated carbocycles. The van der Waals surface area contributed by atoms with Crippen molar-refractivity contribution in [2.45, 2.75) is 80.0 Å². The number of halogens is 28. The van der Waals surface area contributed by atoms with E-state index >= 15 is 0 Å². The quantitative estimate of drug-likeness (QED) is 0.155. The molecule has 1 aromatic heterocycles. The van der Waals surface area contributed by atoms with Gasteiger partial charge in [-0.1, -0.05) is 0 Å². The fourth-order valence-corrected chi connectivity index (χ4v) is 12.9. The Morgan fingerprint density at radius 1 is 0.333 bits per heavy atom. The van der Waals surface area contributed by atoms with Crippen LogP contribution in [0.3, 0.4) is 0 Å². The molecular formula is C16F26I2O4S3. The lowest BCUT2D eigenvalue weighted by molar-refractivity contribution is -0.433. The molecule has 0 saturated heterocycles. The van der Waals surface area contributed by atoms with E-state index in [1.165, 1.54) is 0 Å². The molecule has 1 heterocycles. The van der Waals surface area contributed by atoms with Gasteiger partial charge < -0.3 is 0 Å². The second-order valence-electron chi connectivity index (χ2n) is 8.94. The van der Waals surface area contributed by atoms with Crippen LogP contribution in [0.1, 0.15) is 0 Å². The van der Waals surface area contributed by atoms with Crippen molar-refractivity contribution in [2.75, 3.05) is 0 Å². The van der Waals surface area contributed by atoms with Crippen LogP contribution in [-0.4, -0.2) is 87.1 Å². The van der Waals surface area contributed by atoms with Crippen LogP contribution in [0.2, 0.25) is 0 Å². The Bertz CT molecular complexity index is 1610. The maximum absolute atomic E-state index is 14.6. The normalized spacial score (nSPS) is 16.5. The van der Waals surface area contributed by atoms with Crippen molar-refractivity contribution >= 4 is 76.2 Å². The van der Waals surface area contributed by atoms with Crippen LogP contribution in [0.4, 0.5) is 114 Å². The molecule has 0 spiro atoms. The number of hydrogen-bond acceptors (Lipinski definition) is 5. The largest absolute Gasteiger partial charge is 0.460 e. The predicted octanol–water partition coefficient (Wildman–Crippen LogP) is 9.90. The Morgan fingerprint density at radius 2 is 0.510 bits per heavy atom. The second kappa shape index (κ2) is 12.4. The van der Waals surface area contributed by atoms with E-state index in [1.54, 1.807) is 0 Å². The minimum Gasteiger partial charge on any atom is -0.217 e. The third-order valence-electron chi connectivity index (χ3n) is 5.76. The third-order valence-corrected chi connectivity index (χ3v) is 13.8. The van der Waals surface area contributed by atoms with Crippen LogP contribution in [0.5, 0.6) is 0 Å². The first-order chi connectivity index (χ1) is 21.5. The summed E-state index contributed by atoms with van der Waals surface area (Å²) >= 11 is -1.18. The maximum Gasteiger partial charge on any atom is 0.460 e. The van der Waals surface area contributed by atoms with Gasteiger partial charge in [0.2, 0.25) is 0 Å². The Hall–Kier alpha value is -0.760. The summed E-state index contributed by atoms with van der Waals surface area (Å²) in [5.41, 5.74) is 0. The highest BCUT2D eigenvalue weighted by molar-refractivity contribution is 14.1. The SMILES string of the molecule is O=S(=O)(c1c(I)sc(I)c1S(=O)(=O)C(F)(F)C(F)(F)C(F)(F)C(F)(F)C(F)(F)C(F)(F)F)C(F)(F)C(F)(F)C(F)(F)C(F)(F)C(F)(F)C(F)(F)F. The zero-order chi connectivity index (χ0) is 42.0. The highest BCUT2D eigenvalue weighted by Gasteiger charge is 2.94. The van der Waals surface area contributed by atoms with E-state index in [2.05, 4.69) is 0 Å². The van der Waals surface area contributed by atoms with Crippen LogP contribution in [-0.2, 0) is 19.7 Å². The zero-order valence-electron chi connectivity index (χ0n) is 21.4. The van der Waals surface area contributed by atoms with Crippen molar-refractivity contribution < 1.29 is 131 Å². The smallest absolute Gasteiger partial charge is 0.217 e. The molecule has 0 bridgehead atoms. The van der Waals surface area contributed by atoms with E-state index in [1.807, 2.05) is 0 Å². The molecule has 51 heavy (non-hydrogen) atoms. The molecule has 0 atom stereocenters. The molecule has 302 valence electrons. The van der Waals surface area contributed by atoms with E-state index in [-0.39, 0.29) is 45.2 Å². The minimum absolute atomic E-state index is 0.0393. The summed E-state index contributed by atoms with van der Waals surface area (Å²) in [6, 6.07) is 0. The zero-order valence-corrected chi connectivity index (χ0v) is 28.2. The predicted molar refractivity (Wildman–Crippen MR) is 126 cm³/mol. The van der Waals surface area contributed by atoms with Crippen LogP contribution in [0, 0.1) is 5.77 Å². The fourth-order valence-electron chi connectivity index (χ4n) is 2.91. The Morgan fingerprint density at radius 3 is 0.686 bits per heavy atom. The summed E-state index contributed by atoms with van der Waals surface area (Å²) in [6.45, 7) is 0. The second-order valence-corrected chi connectivity index (χ2v) is 17.4. The Labute approximate surface area is 292 Å².